The van der Waals surface area contributed by atoms with Crippen molar-refractivity contribution in [1.29, 1.82) is 0 Å². The van der Waals surface area contributed by atoms with E-state index in [0.29, 0.717) is 32.8 Å². The van der Waals surface area contributed by atoms with Gasteiger partial charge in [-0.15, -0.1) is 0 Å². The van der Waals surface area contributed by atoms with Gasteiger partial charge in [0.05, 0.1) is 31.6 Å². The van der Waals surface area contributed by atoms with Crippen LogP contribution in [0.1, 0.15) is 18.9 Å². The number of aromatic nitrogens is 2. The van der Waals surface area contributed by atoms with Crippen LogP contribution < -0.4 is 19.7 Å². The number of fused-ring (bicyclic) bond motifs is 1. The van der Waals surface area contributed by atoms with Crippen molar-refractivity contribution in [3.05, 3.63) is 36.2 Å². The SMILES string of the molecule is CCNC(=NCc1ccc2c(c1)OCCCO2)N1CCN(c2cnn(C)c2)C(=O)C1. The van der Waals surface area contributed by atoms with E-state index >= 15 is 0 Å². The number of aliphatic imine (C=N–C) groups is 1. The second kappa shape index (κ2) is 9.06. The van der Waals surface area contributed by atoms with E-state index in [-0.39, 0.29) is 12.5 Å². The third kappa shape index (κ3) is 4.50. The number of ether oxygens (including phenoxy) is 2. The zero-order chi connectivity index (χ0) is 20.9. The summed E-state index contributed by atoms with van der Waals surface area (Å²) in [6.45, 7) is 6.16. The minimum absolute atomic E-state index is 0.0374. The van der Waals surface area contributed by atoms with Gasteiger partial charge in [0.15, 0.2) is 17.5 Å². The van der Waals surface area contributed by atoms with Gasteiger partial charge in [-0.05, 0) is 24.6 Å². The Balaban J connectivity index is 1.44. The van der Waals surface area contributed by atoms with E-state index in [4.69, 9.17) is 14.5 Å². The number of guanidine groups is 1. The number of aryl methyl sites for hydroxylation is 1. The number of rotatable bonds is 4. The zero-order valence-corrected chi connectivity index (χ0v) is 17.5. The summed E-state index contributed by atoms with van der Waals surface area (Å²) in [6, 6.07) is 5.93. The molecule has 0 saturated carbocycles. The van der Waals surface area contributed by atoms with Gasteiger partial charge in [-0.2, -0.15) is 5.10 Å². The minimum atomic E-state index is 0.0374. The molecule has 30 heavy (non-hydrogen) atoms. The van der Waals surface area contributed by atoms with Crippen LogP contribution in [0.25, 0.3) is 0 Å². The van der Waals surface area contributed by atoms with Crippen LogP contribution in [-0.4, -0.2) is 65.9 Å². The van der Waals surface area contributed by atoms with Gasteiger partial charge in [0.25, 0.3) is 0 Å². The highest BCUT2D eigenvalue weighted by atomic mass is 16.5. The molecule has 1 N–H and O–H groups in total. The van der Waals surface area contributed by atoms with Gasteiger partial charge in [0.1, 0.15) is 6.54 Å². The maximum absolute atomic E-state index is 12.7. The molecule has 1 aromatic carbocycles. The van der Waals surface area contributed by atoms with Gasteiger partial charge in [0, 0.05) is 39.3 Å². The predicted molar refractivity (Wildman–Crippen MR) is 114 cm³/mol. The minimum Gasteiger partial charge on any atom is -0.490 e. The van der Waals surface area contributed by atoms with Crippen molar-refractivity contribution in [1.82, 2.24) is 20.0 Å². The number of piperazine rings is 1. The lowest BCUT2D eigenvalue weighted by atomic mass is 10.2. The van der Waals surface area contributed by atoms with E-state index < -0.39 is 0 Å². The largest absolute Gasteiger partial charge is 0.490 e. The van der Waals surface area contributed by atoms with Crippen molar-refractivity contribution in [2.75, 3.05) is 44.3 Å². The lowest BCUT2D eigenvalue weighted by Crippen LogP contribution is -2.55. The average molecular weight is 412 g/mol. The first-order chi connectivity index (χ1) is 14.6. The second-order valence-corrected chi connectivity index (χ2v) is 7.34. The first kappa shape index (κ1) is 20.1. The number of anilines is 1. The number of nitrogens with one attached hydrogen (secondary N) is 1. The van der Waals surface area contributed by atoms with Crippen LogP contribution in [0.15, 0.2) is 35.6 Å². The summed E-state index contributed by atoms with van der Waals surface area (Å²) in [5.41, 5.74) is 1.87. The summed E-state index contributed by atoms with van der Waals surface area (Å²) < 4.78 is 13.2. The molecule has 2 aliphatic heterocycles. The molecule has 0 unspecified atom stereocenters. The fourth-order valence-electron chi connectivity index (χ4n) is 3.57. The summed E-state index contributed by atoms with van der Waals surface area (Å²) in [4.78, 5) is 21.3. The van der Waals surface area contributed by atoms with E-state index in [9.17, 15) is 4.79 Å². The molecule has 0 spiro atoms. The third-order valence-electron chi connectivity index (χ3n) is 5.08. The topological polar surface area (TPSA) is 84.2 Å². The first-order valence-corrected chi connectivity index (χ1v) is 10.3. The normalized spacial score (nSPS) is 17.1. The van der Waals surface area contributed by atoms with Crippen molar-refractivity contribution < 1.29 is 14.3 Å². The fraction of sp³-hybridized carbons (Fsp3) is 0.476. The number of carbonyl (C=O) groups excluding carboxylic acids is 1. The number of benzene rings is 1. The molecule has 0 bridgehead atoms. The lowest BCUT2D eigenvalue weighted by Gasteiger charge is -2.35. The van der Waals surface area contributed by atoms with Gasteiger partial charge in [-0.3, -0.25) is 9.48 Å². The van der Waals surface area contributed by atoms with Gasteiger partial charge in [-0.1, -0.05) is 6.07 Å². The molecule has 0 aliphatic carbocycles. The van der Waals surface area contributed by atoms with Crippen LogP contribution in [0, 0.1) is 0 Å². The van der Waals surface area contributed by atoms with E-state index in [2.05, 4.69) is 10.4 Å². The molecule has 9 heteroatoms. The Morgan fingerprint density at radius 3 is 2.80 bits per heavy atom. The quantitative estimate of drug-likeness (QED) is 0.604. The third-order valence-corrected chi connectivity index (χ3v) is 5.08. The molecule has 4 rings (SSSR count). The summed E-state index contributed by atoms with van der Waals surface area (Å²) in [5, 5.41) is 7.47. The average Bonchev–Trinajstić information content (AvgIpc) is 3.03. The Labute approximate surface area is 176 Å². The number of nitrogens with zero attached hydrogens (tertiary/aromatic N) is 5. The lowest BCUT2D eigenvalue weighted by molar-refractivity contribution is -0.120. The van der Waals surface area contributed by atoms with Gasteiger partial charge < -0.3 is 24.6 Å². The maximum Gasteiger partial charge on any atom is 0.246 e. The van der Waals surface area contributed by atoms with Crippen LogP contribution in [0.4, 0.5) is 5.69 Å². The van der Waals surface area contributed by atoms with Crippen molar-refractivity contribution in [3.8, 4) is 11.5 Å². The molecule has 0 radical (unpaired) electrons. The van der Waals surface area contributed by atoms with E-state index in [1.54, 1.807) is 15.8 Å². The highest BCUT2D eigenvalue weighted by Crippen LogP contribution is 2.30. The summed E-state index contributed by atoms with van der Waals surface area (Å²) in [7, 11) is 1.85. The molecule has 160 valence electrons. The molecule has 9 nitrogen and oxygen atoms in total. The predicted octanol–water partition coefficient (Wildman–Crippen LogP) is 1.40. The molecule has 1 fully saturated rings. The number of hydrogen-bond donors (Lipinski definition) is 1. The fourth-order valence-corrected chi connectivity index (χ4v) is 3.57. The molecule has 1 saturated heterocycles. The van der Waals surface area contributed by atoms with Crippen molar-refractivity contribution in [3.63, 3.8) is 0 Å². The molecule has 3 heterocycles. The summed E-state index contributed by atoms with van der Waals surface area (Å²) in [6.07, 6.45) is 4.46. The molecule has 0 atom stereocenters. The van der Waals surface area contributed by atoms with Crippen LogP contribution in [0.5, 0.6) is 11.5 Å². The maximum atomic E-state index is 12.7. The standard InChI is InChI=1S/C21H28N6O3/c1-3-22-21(23-12-16-5-6-18-19(11-16)30-10-4-9-29-18)26-7-8-27(20(28)15-26)17-13-24-25(2)14-17/h5-6,11,13-14H,3-4,7-10,12,15H2,1-2H3,(H,22,23). The molecule has 1 aromatic heterocycles. The van der Waals surface area contributed by atoms with E-state index in [1.807, 2.05) is 43.3 Å². The highest BCUT2D eigenvalue weighted by Gasteiger charge is 2.27. The summed E-state index contributed by atoms with van der Waals surface area (Å²) >= 11 is 0. The Hall–Kier alpha value is -3.23. The monoisotopic (exact) mass is 412 g/mol. The Bertz CT molecular complexity index is 925. The number of hydrogen-bond acceptors (Lipinski definition) is 5. The molecule has 1 amide bonds. The molecule has 2 aliphatic rings. The van der Waals surface area contributed by atoms with E-state index in [1.165, 1.54) is 0 Å². The van der Waals surface area contributed by atoms with Crippen LogP contribution in [0.2, 0.25) is 0 Å². The van der Waals surface area contributed by atoms with Crippen LogP contribution >= 0.6 is 0 Å². The molecule has 2 aromatic rings. The Kier molecular flexibility index (Phi) is 6.06. The van der Waals surface area contributed by atoms with Gasteiger partial charge in [-0.25, -0.2) is 4.99 Å². The molecular formula is C21H28N6O3. The van der Waals surface area contributed by atoms with E-state index in [0.717, 1.165) is 41.7 Å². The van der Waals surface area contributed by atoms with Crippen molar-refractivity contribution in [2.45, 2.75) is 19.9 Å². The first-order valence-electron chi connectivity index (χ1n) is 10.3. The van der Waals surface area contributed by atoms with Crippen LogP contribution in [0.3, 0.4) is 0 Å². The van der Waals surface area contributed by atoms with Gasteiger partial charge in [0.2, 0.25) is 5.91 Å². The molecular weight excluding hydrogens is 384 g/mol. The zero-order valence-electron chi connectivity index (χ0n) is 17.5. The van der Waals surface area contributed by atoms with Crippen molar-refractivity contribution in [2.24, 2.45) is 12.0 Å². The van der Waals surface area contributed by atoms with Crippen molar-refractivity contribution >= 4 is 17.6 Å². The number of carbonyl (C=O) groups is 1. The number of amides is 1. The second-order valence-electron chi connectivity index (χ2n) is 7.34. The summed E-state index contributed by atoms with van der Waals surface area (Å²) in [5.74, 6) is 2.33. The Morgan fingerprint density at radius 2 is 2.07 bits per heavy atom. The Morgan fingerprint density at radius 1 is 1.23 bits per heavy atom. The van der Waals surface area contributed by atoms with Gasteiger partial charge >= 0.3 is 0 Å². The smallest absolute Gasteiger partial charge is 0.246 e. The highest BCUT2D eigenvalue weighted by molar-refractivity contribution is 5.98. The van der Waals surface area contributed by atoms with Crippen LogP contribution in [-0.2, 0) is 18.4 Å².